The molecule has 0 bridgehead atoms. The first-order chi connectivity index (χ1) is 6.74. The monoisotopic (exact) mass is 197 g/mol. The number of aryl methyl sites for hydroxylation is 1. The summed E-state index contributed by atoms with van der Waals surface area (Å²) in [6, 6.07) is 0. The van der Waals surface area contributed by atoms with Crippen molar-refractivity contribution in [3.05, 3.63) is 11.7 Å². The second-order valence-corrected chi connectivity index (χ2v) is 3.74. The van der Waals surface area contributed by atoms with Crippen molar-refractivity contribution in [2.24, 2.45) is 0 Å². The predicted octanol–water partition coefficient (Wildman–Crippen LogP) is 0.335. The minimum absolute atomic E-state index is 0.129. The third kappa shape index (κ3) is 2.30. The molecule has 1 fully saturated rings. The normalized spacial score (nSPS) is 20.1. The molecule has 2 heterocycles. The molecule has 0 spiro atoms. The molecule has 5 nitrogen and oxygen atoms in total. The highest BCUT2D eigenvalue weighted by atomic mass is 16.5. The van der Waals surface area contributed by atoms with E-state index < -0.39 is 0 Å². The predicted molar refractivity (Wildman–Crippen MR) is 49.6 cm³/mol. The molecule has 0 amide bonds. The van der Waals surface area contributed by atoms with Gasteiger partial charge in [0.1, 0.15) is 0 Å². The van der Waals surface area contributed by atoms with Crippen LogP contribution in [-0.4, -0.2) is 39.3 Å². The van der Waals surface area contributed by atoms with Crippen molar-refractivity contribution < 1.29 is 9.63 Å². The molecule has 1 aliphatic rings. The second-order valence-electron chi connectivity index (χ2n) is 3.74. The van der Waals surface area contributed by atoms with Gasteiger partial charge in [-0.15, -0.1) is 0 Å². The highest BCUT2D eigenvalue weighted by Crippen LogP contribution is 2.12. The molecule has 78 valence electrons. The van der Waals surface area contributed by atoms with E-state index >= 15 is 0 Å². The van der Waals surface area contributed by atoms with Crippen LogP contribution < -0.4 is 0 Å². The summed E-state index contributed by atoms with van der Waals surface area (Å²) in [7, 11) is 0. The summed E-state index contributed by atoms with van der Waals surface area (Å²) in [5.74, 6) is 1.34. The SMILES string of the molecule is Cc1noc(CN2CCC(O)CC2)n1. The van der Waals surface area contributed by atoms with Gasteiger partial charge in [-0.25, -0.2) is 0 Å². The molecule has 1 aromatic heterocycles. The summed E-state index contributed by atoms with van der Waals surface area (Å²) in [4.78, 5) is 6.36. The average Bonchev–Trinajstić information content (AvgIpc) is 2.56. The fourth-order valence-corrected chi connectivity index (χ4v) is 1.67. The van der Waals surface area contributed by atoms with Gasteiger partial charge in [-0.2, -0.15) is 4.98 Å². The number of hydrogen-bond acceptors (Lipinski definition) is 5. The van der Waals surface area contributed by atoms with Crippen molar-refractivity contribution in [1.29, 1.82) is 0 Å². The quantitative estimate of drug-likeness (QED) is 0.740. The molecule has 0 radical (unpaired) electrons. The van der Waals surface area contributed by atoms with Crippen molar-refractivity contribution in [3.8, 4) is 0 Å². The van der Waals surface area contributed by atoms with Gasteiger partial charge in [-0.1, -0.05) is 5.16 Å². The number of likely N-dealkylation sites (tertiary alicyclic amines) is 1. The van der Waals surface area contributed by atoms with E-state index in [0.29, 0.717) is 18.3 Å². The maximum Gasteiger partial charge on any atom is 0.240 e. The third-order valence-corrected chi connectivity index (χ3v) is 2.49. The van der Waals surface area contributed by atoms with E-state index in [9.17, 15) is 5.11 Å². The van der Waals surface area contributed by atoms with Gasteiger partial charge in [-0.3, -0.25) is 4.90 Å². The maximum absolute atomic E-state index is 9.32. The van der Waals surface area contributed by atoms with E-state index in [-0.39, 0.29) is 6.10 Å². The van der Waals surface area contributed by atoms with Crippen LogP contribution in [0.2, 0.25) is 0 Å². The lowest BCUT2D eigenvalue weighted by atomic mass is 10.1. The number of piperidine rings is 1. The number of aliphatic hydroxyl groups is 1. The zero-order chi connectivity index (χ0) is 9.97. The Morgan fingerprint density at radius 2 is 2.21 bits per heavy atom. The fraction of sp³-hybridized carbons (Fsp3) is 0.778. The molecule has 1 aliphatic heterocycles. The van der Waals surface area contributed by atoms with Crippen LogP contribution in [0.4, 0.5) is 0 Å². The van der Waals surface area contributed by atoms with Crippen molar-refractivity contribution in [2.45, 2.75) is 32.4 Å². The molecule has 5 heteroatoms. The first-order valence-corrected chi connectivity index (χ1v) is 4.93. The summed E-state index contributed by atoms with van der Waals surface area (Å²) in [5, 5.41) is 13.1. The number of aromatic nitrogens is 2. The van der Waals surface area contributed by atoms with Crippen LogP contribution in [0.3, 0.4) is 0 Å². The summed E-state index contributed by atoms with van der Waals surface area (Å²) < 4.78 is 5.03. The van der Waals surface area contributed by atoms with Crippen LogP contribution in [0.25, 0.3) is 0 Å². The number of aliphatic hydroxyl groups excluding tert-OH is 1. The smallest absolute Gasteiger partial charge is 0.240 e. The molecule has 2 rings (SSSR count). The maximum atomic E-state index is 9.32. The molecule has 0 aromatic carbocycles. The number of hydrogen-bond donors (Lipinski definition) is 1. The summed E-state index contributed by atoms with van der Waals surface area (Å²) >= 11 is 0. The van der Waals surface area contributed by atoms with Gasteiger partial charge in [0.2, 0.25) is 5.89 Å². The fourth-order valence-electron chi connectivity index (χ4n) is 1.67. The Bertz CT molecular complexity index is 292. The van der Waals surface area contributed by atoms with Crippen molar-refractivity contribution in [2.75, 3.05) is 13.1 Å². The van der Waals surface area contributed by atoms with Crippen LogP contribution in [0.5, 0.6) is 0 Å². The van der Waals surface area contributed by atoms with Gasteiger partial charge in [0, 0.05) is 13.1 Å². The Morgan fingerprint density at radius 3 is 2.79 bits per heavy atom. The Kier molecular flexibility index (Phi) is 2.79. The van der Waals surface area contributed by atoms with Crippen molar-refractivity contribution in [3.63, 3.8) is 0 Å². The van der Waals surface area contributed by atoms with E-state index in [1.165, 1.54) is 0 Å². The molecule has 0 saturated carbocycles. The van der Waals surface area contributed by atoms with E-state index in [2.05, 4.69) is 15.0 Å². The molecule has 0 atom stereocenters. The van der Waals surface area contributed by atoms with Crippen LogP contribution in [0.15, 0.2) is 4.52 Å². The Hall–Kier alpha value is -0.940. The molecular weight excluding hydrogens is 182 g/mol. The van der Waals surface area contributed by atoms with Crippen LogP contribution in [-0.2, 0) is 6.54 Å². The number of nitrogens with zero attached hydrogens (tertiary/aromatic N) is 3. The molecular formula is C9H15N3O2. The van der Waals surface area contributed by atoms with Gasteiger partial charge in [0.15, 0.2) is 5.82 Å². The van der Waals surface area contributed by atoms with Gasteiger partial charge in [0.05, 0.1) is 12.6 Å². The van der Waals surface area contributed by atoms with Crippen LogP contribution in [0.1, 0.15) is 24.6 Å². The third-order valence-electron chi connectivity index (χ3n) is 2.49. The summed E-state index contributed by atoms with van der Waals surface area (Å²) in [6.45, 7) is 4.33. The highest BCUT2D eigenvalue weighted by Gasteiger charge is 2.18. The molecule has 0 unspecified atom stereocenters. The van der Waals surface area contributed by atoms with Crippen molar-refractivity contribution in [1.82, 2.24) is 15.0 Å². The minimum atomic E-state index is -0.129. The molecule has 14 heavy (non-hydrogen) atoms. The summed E-state index contributed by atoms with van der Waals surface area (Å²) in [5.41, 5.74) is 0. The van der Waals surface area contributed by atoms with Gasteiger partial charge >= 0.3 is 0 Å². The minimum Gasteiger partial charge on any atom is -0.393 e. The van der Waals surface area contributed by atoms with Crippen LogP contribution in [0, 0.1) is 6.92 Å². The van der Waals surface area contributed by atoms with E-state index in [1.54, 1.807) is 0 Å². The van der Waals surface area contributed by atoms with Gasteiger partial charge < -0.3 is 9.63 Å². The largest absolute Gasteiger partial charge is 0.393 e. The van der Waals surface area contributed by atoms with Crippen molar-refractivity contribution >= 4 is 0 Å². The van der Waals surface area contributed by atoms with Gasteiger partial charge in [-0.05, 0) is 19.8 Å². The summed E-state index contributed by atoms with van der Waals surface area (Å²) in [6.07, 6.45) is 1.55. The number of rotatable bonds is 2. The molecule has 1 N–H and O–H groups in total. The topological polar surface area (TPSA) is 62.4 Å². The first-order valence-electron chi connectivity index (χ1n) is 4.93. The molecule has 1 aromatic rings. The first kappa shape index (κ1) is 9.61. The Morgan fingerprint density at radius 1 is 1.50 bits per heavy atom. The van der Waals surface area contributed by atoms with Crippen LogP contribution >= 0.6 is 0 Å². The lowest BCUT2D eigenvalue weighted by Gasteiger charge is -2.27. The highest BCUT2D eigenvalue weighted by molar-refractivity contribution is 4.84. The molecule has 1 saturated heterocycles. The van der Waals surface area contributed by atoms with E-state index in [1.807, 2.05) is 6.92 Å². The Labute approximate surface area is 82.7 Å². The van der Waals surface area contributed by atoms with E-state index in [0.717, 1.165) is 25.9 Å². The molecule has 0 aliphatic carbocycles. The Balaban J connectivity index is 1.86. The zero-order valence-electron chi connectivity index (χ0n) is 8.31. The standard InChI is InChI=1S/C9H15N3O2/c1-7-10-9(14-11-7)6-12-4-2-8(13)3-5-12/h8,13H,2-6H2,1H3. The zero-order valence-corrected chi connectivity index (χ0v) is 8.31. The van der Waals surface area contributed by atoms with Gasteiger partial charge in [0.25, 0.3) is 0 Å². The van der Waals surface area contributed by atoms with E-state index in [4.69, 9.17) is 4.52 Å². The lowest BCUT2D eigenvalue weighted by molar-refractivity contribution is 0.0740. The average molecular weight is 197 g/mol. The second kappa shape index (κ2) is 4.06. The lowest BCUT2D eigenvalue weighted by Crippen LogP contribution is -2.35.